The lowest BCUT2D eigenvalue weighted by Gasteiger charge is -2.29. The van der Waals surface area contributed by atoms with Crippen LogP contribution in [0.25, 0.3) is 5.70 Å². The van der Waals surface area contributed by atoms with Gasteiger partial charge in [0.15, 0.2) is 5.13 Å². The summed E-state index contributed by atoms with van der Waals surface area (Å²) >= 11 is 1.54. The molecule has 0 aliphatic heterocycles. The van der Waals surface area contributed by atoms with Crippen molar-refractivity contribution in [3.8, 4) is 12.1 Å². The number of aryl methyl sites for hydroxylation is 1. The van der Waals surface area contributed by atoms with Crippen LogP contribution in [0.2, 0.25) is 0 Å². The van der Waals surface area contributed by atoms with E-state index in [1.807, 2.05) is 18.2 Å². The molecule has 2 aromatic carbocycles. The van der Waals surface area contributed by atoms with Crippen molar-refractivity contribution >= 4 is 28.1 Å². The minimum absolute atomic E-state index is 0.191. The van der Waals surface area contributed by atoms with Crippen LogP contribution in [0.5, 0.6) is 0 Å². The van der Waals surface area contributed by atoms with Crippen LogP contribution >= 0.6 is 11.3 Å². The number of amides is 1. The van der Waals surface area contributed by atoms with Crippen LogP contribution in [-0.2, 0) is 19.4 Å². The van der Waals surface area contributed by atoms with E-state index in [0.717, 1.165) is 42.6 Å². The molecular weight excluding hydrogens is 482 g/mol. The van der Waals surface area contributed by atoms with Crippen LogP contribution in [0.15, 0.2) is 54.7 Å². The van der Waals surface area contributed by atoms with Gasteiger partial charge in [-0.1, -0.05) is 24.3 Å². The van der Waals surface area contributed by atoms with Gasteiger partial charge in [0.25, 0.3) is 5.91 Å². The molecule has 1 aromatic heterocycles. The van der Waals surface area contributed by atoms with Crippen molar-refractivity contribution in [2.24, 2.45) is 5.73 Å². The number of nitrogens with two attached hydrogens (primary N) is 1. The molecule has 0 spiro atoms. The van der Waals surface area contributed by atoms with Crippen LogP contribution in [0.3, 0.4) is 0 Å². The average Bonchev–Trinajstić information content (AvgIpc) is 3.33. The third-order valence-corrected chi connectivity index (χ3v) is 7.47. The molecule has 1 unspecified atom stereocenters. The molecule has 4 rings (SSSR count). The Hall–Kier alpha value is -4.18. The molecule has 0 bridgehead atoms. The van der Waals surface area contributed by atoms with E-state index >= 15 is 0 Å². The molecule has 1 aliphatic carbocycles. The molecule has 0 saturated carbocycles. The maximum atomic E-state index is 12.9. The second kappa shape index (κ2) is 12.2. The third-order valence-electron chi connectivity index (χ3n) is 6.43. The van der Waals surface area contributed by atoms with E-state index in [1.165, 1.54) is 16.2 Å². The van der Waals surface area contributed by atoms with Crippen LogP contribution in [0, 0.1) is 22.7 Å². The molecule has 4 N–H and O–H groups in total. The fourth-order valence-corrected chi connectivity index (χ4v) is 5.36. The van der Waals surface area contributed by atoms with Crippen LogP contribution in [-0.4, -0.2) is 35.4 Å². The van der Waals surface area contributed by atoms with Gasteiger partial charge in [-0.15, -0.1) is 11.3 Å². The lowest BCUT2D eigenvalue weighted by atomic mass is 9.96. The number of nitriles is 2. The minimum Gasteiger partial charge on any atom is -0.397 e. The Morgan fingerprint density at radius 1 is 1.24 bits per heavy atom. The largest absolute Gasteiger partial charge is 0.397 e. The molecule has 188 valence electrons. The number of benzene rings is 2. The zero-order valence-corrected chi connectivity index (χ0v) is 21.5. The molecule has 37 heavy (non-hydrogen) atoms. The van der Waals surface area contributed by atoms with Gasteiger partial charge in [-0.2, -0.15) is 10.5 Å². The van der Waals surface area contributed by atoms with Crippen LogP contribution in [0.1, 0.15) is 50.5 Å². The number of rotatable bonds is 9. The second-order valence-corrected chi connectivity index (χ2v) is 10.1. The maximum Gasteiger partial charge on any atom is 0.257 e. The molecule has 1 aliphatic rings. The fraction of sp³-hybridized carbons (Fsp3) is 0.286. The van der Waals surface area contributed by atoms with Gasteiger partial charge >= 0.3 is 0 Å². The van der Waals surface area contributed by atoms with E-state index in [0.29, 0.717) is 41.0 Å². The number of likely N-dealkylation sites (N-methyl/N-ethyl adjacent to an activating group) is 1. The molecule has 1 heterocycles. The first-order valence-corrected chi connectivity index (χ1v) is 12.9. The number of carbonyl (C=O) groups excluding carboxylic acids is 1. The van der Waals surface area contributed by atoms with Gasteiger partial charge in [0, 0.05) is 42.2 Å². The van der Waals surface area contributed by atoms with E-state index < -0.39 is 0 Å². The second-order valence-electron chi connectivity index (χ2n) is 9.00. The monoisotopic (exact) mass is 511 g/mol. The highest BCUT2D eigenvalue weighted by atomic mass is 32.1. The maximum absolute atomic E-state index is 12.9. The molecule has 0 radical (unpaired) electrons. The van der Waals surface area contributed by atoms with E-state index in [2.05, 4.69) is 39.7 Å². The summed E-state index contributed by atoms with van der Waals surface area (Å²) in [7, 11) is 2.07. The Kier molecular flexibility index (Phi) is 8.52. The van der Waals surface area contributed by atoms with Crippen molar-refractivity contribution in [3.63, 3.8) is 0 Å². The van der Waals surface area contributed by atoms with Crippen molar-refractivity contribution in [2.75, 3.05) is 18.9 Å². The van der Waals surface area contributed by atoms with E-state index in [1.54, 1.807) is 36.5 Å². The number of hydrogen-bond donors (Lipinski definition) is 3. The quantitative estimate of drug-likeness (QED) is 0.395. The smallest absolute Gasteiger partial charge is 0.257 e. The molecule has 9 heteroatoms. The van der Waals surface area contributed by atoms with Gasteiger partial charge < -0.3 is 16.0 Å². The number of hydrogen-bond acceptors (Lipinski definition) is 8. The Labute approximate surface area is 221 Å². The molecule has 1 atom stereocenters. The van der Waals surface area contributed by atoms with Crippen molar-refractivity contribution in [1.29, 1.82) is 10.5 Å². The van der Waals surface area contributed by atoms with Crippen molar-refractivity contribution in [3.05, 3.63) is 87.6 Å². The number of thiazole rings is 1. The van der Waals surface area contributed by atoms with Gasteiger partial charge in [-0.3, -0.25) is 10.1 Å². The summed E-state index contributed by atoms with van der Waals surface area (Å²) in [6.07, 6.45) is 5.03. The normalized spacial score (nSPS) is 14.9. The lowest BCUT2D eigenvalue weighted by Crippen LogP contribution is -2.36. The number of nitrogens with one attached hydrogen (secondary N) is 2. The predicted molar refractivity (Wildman–Crippen MR) is 145 cm³/mol. The summed E-state index contributed by atoms with van der Waals surface area (Å²) in [6.45, 7) is 1.27. The first-order valence-electron chi connectivity index (χ1n) is 12.1. The molecule has 1 amide bonds. The SMILES string of the molecule is CN(CCC#N)C1CCc2nc(NC(=O)c3cccc(CN/C=C(\N)c4ccc(C#N)cc4)c3)sc2C1. The van der Waals surface area contributed by atoms with Gasteiger partial charge in [0.1, 0.15) is 0 Å². The van der Waals surface area contributed by atoms with Crippen LogP contribution in [0.4, 0.5) is 5.13 Å². The highest BCUT2D eigenvalue weighted by Crippen LogP contribution is 2.31. The Bertz CT molecular complexity index is 1360. The molecule has 0 saturated heterocycles. The standard InChI is InChI=1S/C28H29N7OS/c1-35(13-3-12-29)23-10-11-25-26(15-23)37-28(33-25)34-27(36)22-5-2-4-20(14-22)17-32-18-24(31)21-8-6-19(16-30)7-9-21/h2,4-9,14,18,23,32H,3,10-11,13,15,17,31H2,1H3,(H,33,34,36)/b24-18-. The molecule has 8 nitrogen and oxygen atoms in total. The predicted octanol–water partition coefficient (Wildman–Crippen LogP) is 4.02. The Balaban J connectivity index is 1.34. The van der Waals surface area contributed by atoms with Gasteiger partial charge in [0.05, 0.1) is 29.1 Å². The highest BCUT2D eigenvalue weighted by Gasteiger charge is 2.25. The van der Waals surface area contributed by atoms with E-state index in [9.17, 15) is 4.79 Å². The number of aromatic nitrogens is 1. The van der Waals surface area contributed by atoms with E-state index in [-0.39, 0.29) is 5.91 Å². The van der Waals surface area contributed by atoms with Crippen molar-refractivity contribution in [2.45, 2.75) is 38.3 Å². The summed E-state index contributed by atoms with van der Waals surface area (Å²) in [5.41, 5.74) is 10.7. The number of fused-ring (bicyclic) bond motifs is 1. The summed E-state index contributed by atoms with van der Waals surface area (Å²) in [5.74, 6) is -0.191. The first-order chi connectivity index (χ1) is 18.0. The fourth-order valence-electron chi connectivity index (χ4n) is 4.29. The Morgan fingerprint density at radius 2 is 2.05 bits per heavy atom. The topological polar surface area (TPSA) is 131 Å². The minimum atomic E-state index is -0.191. The number of anilines is 1. The van der Waals surface area contributed by atoms with Crippen molar-refractivity contribution in [1.82, 2.24) is 15.2 Å². The highest BCUT2D eigenvalue weighted by molar-refractivity contribution is 7.15. The lowest BCUT2D eigenvalue weighted by molar-refractivity contribution is 0.102. The zero-order chi connectivity index (χ0) is 26.2. The molecule has 0 fully saturated rings. The number of nitrogens with zero attached hydrogens (tertiary/aromatic N) is 4. The summed E-state index contributed by atoms with van der Waals surface area (Å²) in [6, 6.07) is 19.2. The van der Waals surface area contributed by atoms with Gasteiger partial charge in [-0.25, -0.2) is 4.98 Å². The first kappa shape index (κ1) is 25.9. The molecule has 3 aromatic rings. The molecular formula is C28H29N7OS. The van der Waals surface area contributed by atoms with Crippen LogP contribution < -0.4 is 16.4 Å². The Morgan fingerprint density at radius 3 is 2.81 bits per heavy atom. The number of carbonyl (C=O) groups is 1. The zero-order valence-electron chi connectivity index (χ0n) is 20.7. The van der Waals surface area contributed by atoms with Crippen molar-refractivity contribution < 1.29 is 4.79 Å². The summed E-state index contributed by atoms with van der Waals surface area (Å²) < 4.78 is 0. The van der Waals surface area contributed by atoms with Gasteiger partial charge in [-0.05, 0) is 61.7 Å². The van der Waals surface area contributed by atoms with E-state index in [4.69, 9.17) is 16.3 Å². The average molecular weight is 512 g/mol. The summed E-state index contributed by atoms with van der Waals surface area (Å²) in [4.78, 5) is 21.1. The third kappa shape index (κ3) is 6.73. The van der Waals surface area contributed by atoms with Gasteiger partial charge in [0.2, 0.25) is 0 Å². The summed E-state index contributed by atoms with van der Waals surface area (Å²) in [5, 5.41) is 24.5.